The second-order valence-electron chi connectivity index (χ2n) is 7.67. The maximum Gasteiger partial charge on any atom is 0.242 e. The average Bonchev–Trinajstić information content (AvgIpc) is 3.22. The van der Waals surface area contributed by atoms with Crippen LogP contribution in [0.25, 0.3) is 15.9 Å². The lowest BCUT2D eigenvalue weighted by molar-refractivity contribution is -0.121. The summed E-state index contributed by atoms with van der Waals surface area (Å²) in [5.41, 5.74) is 5.11. The number of hydrogen-bond donors (Lipinski definition) is 2. The van der Waals surface area contributed by atoms with Crippen molar-refractivity contribution in [3.8, 4) is 5.69 Å². The zero-order valence-corrected chi connectivity index (χ0v) is 19.2. The van der Waals surface area contributed by atoms with Gasteiger partial charge in [0.25, 0.3) is 0 Å². The van der Waals surface area contributed by atoms with E-state index in [4.69, 9.17) is 0 Å². The van der Waals surface area contributed by atoms with Crippen molar-refractivity contribution in [3.05, 3.63) is 64.1 Å². The van der Waals surface area contributed by atoms with Crippen molar-refractivity contribution in [2.45, 2.75) is 47.2 Å². The number of benzene rings is 1. The molecule has 0 radical (unpaired) electrons. The van der Waals surface area contributed by atoms with Gasteiger partial charge in [-0.2, -0.15) is 5.10 Å². The number of fused-ring (bicyclic) bond motifs is 1. The Balaban J connectivity index is 1.47. The Labute approximate surface area is 185 Å². The summed E-state index contributed by atoms with van der Waals surface area (Å²) in [6.45, 7) is 10.4. The van der Waals surface area contributed by atoms with Gasteiger partial charge >= 0.3 is 0 Å². The zero-order chi connectivity index (χ0) is 22.1. The lowest BCUT2D eigenvalue weighted by Crippen LogP contribution is -2.37. The highest BCUT2D eigenvalue weighted by Crippen LogP contribution is 2.32. The molecule has 0 aliphatic rings. The van der Waals surface area contributed by atoms with Crippen LogP contribution in [-0.4, -0.2) is 31.7 Å². The van der Waals surface area contributed by atoms with Gasteiger partial charge in [-0.05, 0) is 52.3 Å². The monoisotopic (exact) mass is 434 g/mol. The Hall–Kier alpha value is -3.26. The van der Waals surface area contributed by atoms with Crippen LogP contribution in [0, 0.1) is 27.7 Å². The molecule has 7 nitrogen and oxygen atoms in total. The normalized spacial score (nSPS) is 12.2. The number of nitrogens with zero attached hydrogens (tertiary/aromatic N) is 4. The summed E-state index contributed by atoms with van der Waals surface area (Å²) in [5.74, 6) is 0.599. The lowest BCUT2D eigenvalue weighted by Gasteiger charge is -2.15. The summed E-state index contributed by atoms with van der Waals surface area (Å²) in [7, 11) is 0. The van der Waals surface area contributed by atoms with Gasteiger partial charge in [-0.1, -0.05) is 18.2 Å². The molecule has 3 heterocycles. The maximum absolute atomic E-state index is 12.8. The molecule has 31 heavy (non-hydrogen) atoms. The summed E-state index contributed by atoms with van der Waals surface area (Å²) in [6.07, 6.45) is 1.54. The molecule has 0 saturated carbocycles. The lowest BCUT2D eigenvalue weighted by atomic mass is 10.2. The molecule has 2 N–H and O–H groups in total. The fourth-order valence-electron chi connectivity index (χ4n) is 3.64. The van der Waals surface area contributed by atoms with Gasteiger partial charge in [-0.25, -0.2) is 14.6 Å². The molecule has 1 aromatic carbocycles. The highest BCUT2D eigenvalue weighted by molar-refractivity contribution is 7.18. The molecule has 0 aliphatic carbocycles. The fourth-order valence-corrected chi connectivity index (χ4v) is 4.64. The van der Waals surface area contributed by atoms with Gasteiger partial charge < -0.3 is 10.6 Å². The van der Waals surface area contributed by atoms with Crippen LogP contribution in [0.2, 0.25) is 0 Å². The number of aryl methyl sites for hydroxylation is 3. The average molecular weight is 435 g/mol. The van der Waals surface area contributed by atoms with Gasteiger partial charge in [-0.3, -0.25) is 4.79 Å². The third-order valence-corrected chi connectivity index (χ3v) is 6.71. The van der Waals surface area contributed by atoms with Crippen molar-refractivity contribution in [3.63, 3.8) is 0 Å². The highest BCUT2D eigenvalue weighted by Gasteiger charge is 2.19. The zero-order valence-electron chi connectivity index (χ0n) is 18.4. The van der Waals surface area contributed by atoms with Gasteiger partial charge in [0.1, 0.15) is 23.0 Å². The molecular formula is C23H26N6OS. The van der Waals surface area contributed by atoms with Crippen molar-refractivity contribution >= 4 is 33.3 Å². The number of anilines is 1. The number of carbonyl (C=O) groups is 1. The van der Waals surface area contributed by atoms with E-state index in [1.165, 1.54) is 11.2 Å². The number of thiophene rings is 1. The summed E-state index contributed by atoms with van der Waals surface area (Å²) >= 11 is 1.64. The minimum atomic E-state index is -0.442. The SMILES string of the molecule is Cc1nn(-c2ccccc2)c(C)c1CNC(=O)C(C)Nc1ncnc2sc(C)c(C)c12. The molecule has 4 aromatic rings. The van der Waals surface area contributed by atoms with E-state index >= 15 is 0 Å². The van der Waals surface area contributed by atoms with Crippen molar-refractivity contribution in [1.29, 1.82) is 0 Å². The van der Waals surface area contributed by atoms with E-state index in [0.717, 1.165) is 38.4 Å². The molecule has 0 aliphatic heterocycles. The summed E-state index contributed by atoms with van der Waals surface area (Å²) < 4.78 is 1.91. The highest BCUT2D eigenvalue weighted by atomic mass is 32.1. The Morgan fingerprint density at radius 1 is 1.13 bits per heavy atom. The number of aromatic nitrogens is 4. The predicted molar refractivity (Wildman–Crippen MR) is 125 cm³/mol. The van der Waals surface area contributed by atoms with Crippen LogP contribution >= 0.6 is 11.3 Å². The molecule has 3 aromatic heterocycles. The molecule has 0 bridgehead atoms. The maximum atomic E-state index is 12.8. The number of rotatable bonds is 6. The van der Waals surface area contributed by atoms with E-state index in [2.05, 4.69) is 39.5 Å². The fraction of sp³-hybridized carbons (Fsp3) is 0.304. The summed E-state index contributed by atoms with van der Waals surface area (Å²) in [4.78, 5) is 23.7. The predicted octanol–water partition coefficient (Wildman–Crippen LogP) is 4.23. The topological polar surface area (TPSA) is 84.7 Å². The smallest absolute Gasteiger partial charge is 0.242 e. The third-order valence-electron chi connectivity index (χ3n) is 5.59. The van der Waals surface area contributed by atoms with E-state index in [1.807, 2.05) is 55.8 Å². The number of carbonyl (C=O) groups excluding carboxylic acids is 1. The van der Waals surface area contributed by atoms with Crippen LogP contribution < -0.4 is 10.6 Å². The first-order chi connectivity index (χ1) is 14.9. The number of nitrogens with one attached hydrogen (secondary N) is 2. The number of para-hydroxylation sites is 1. The largest absolute Gasteiger partial charge is 0.358 e. The molecule has 4 rings (SSSR count). The van der Waals surface area contributed by atoms with Crippen molar-refractivity contribution in [2.75, 3.05) is 5.32 Å². The Kier molecular flexibility index (Phi) is 5.73. The first kappa shape index (κ1) is 21.0. The Bertz CT molecular complexity index is 1240. The van der Waals surface area contributed by atoms with Crippen LogP contribution in [0.4, 0.5) is 5.82 Å². The van der Waals surface area contributed by atoms with E-state index in [9.17, 15) is 4.79 Å². The molecule has 160 valence electrons. The summed E-state index contributed by atoms with van der Waals surface area (Å²) in [6, 6.07) is 9.55. The van der Waals surface area contributed by atoms with Gasteiger partial charge in [0, 0.05) is 22.7 Å². The number of hydrogen-bond acceptors (Lipinski definition) is 6. The van der Waals surface area contributed by atoms with Crippen LogP contribution in [0.15, 0.2) is 36.7 Å². The Morgan fingerprint density at radius 2 is 1.87 bits per heavy atom. The molecule has 1 atom stereocenters. The third kappa shape index (κ3) is 4.03. The Morgan fingerprint density at radius 3 is 2.61 bits per heavy atom. The van der Waals surface area contributed by atoms with Crippen LogP contribution in [0.5, 0.6) is 0 Å². The van der Waals surface area contributed by atoms with Gasteiger partial charge in [0.2, 0.25) is 5.91 Å². The second-order valence-corrected chi connectivity index (χ2v) is 8.87. The first-order valence-electron chi connectivity index (χ1n) is 10.2. The van der Waals surface area contributed by atoms with Crippen molar-refractivity contribution in [2.24, 2.45) is 0 Å². The number of amides is 1. The van der Waals surface area contributed by atoms with E-state index < -0.39 is 6.04 Å². The second kappa shape index (κ2) is 8.47. The standard InChI is InChI=1S/C23H26N6OS/c1-13-17(5)31-23-20(13)21(25-12-26-23)27-15(3)22(30)24-11-19-14(2)28-29(16(19)4)18-9-7-6-8-10-18/h6-10,12,15H,11H2,1-5H3,(H,24,30)(H,25,26,27). The quantitative estimate of drug-likeness (QED) is 0.474. The van der Waals surface area contributed by atoms with Crippen LogP contribution in [0.3, 0.4) is 0 Å². The van der Waals surface area contributed by atoms with Crippen molar-refractivity contribution in [1.82, 2.24) is 25.1 Å². The van der Waals surface area contributed by atoms with Gasteiger partial charge in [-0.15, -0.1) is 11.3 Å². The van der Waals surface area contributed by atoms with Gasteiger partial charge in [0.15, 0.2) is 0 Å². The van der Waals surface area contributed by atoms with E-state index in [0.29, 0.717) is 12.4 Å². The molecular weight excluding hydrogens is 408 g/mol. The van der Waals surface area contributed by atoms with Crippen molar-refractivity contribution < 1.29 is 4.79 Å². The minimum Gasteiger partial charge on any atom is -0.358 e. The first-order valence-corrected chi connectivity index (χ1v) is 11.0. The molecule has 0 saturated heterocycles. The minimum absolute atomic E-state index is 0.0948. The van der Waals surface area contributed by atoms with E-state index in [-0.39, 0.29) is 5.91 Å². The molecule has 0 spiro atoms. The van der Waals surface area contributed by atoms with Crippen LogP contribution in [0.1, 0.15) is 34.3 Å². The summed E-state index contributed by atoms with van der Waals surface area (Å²) in [5, 5.41) is 11.9. The molecule has 1 unspecified atom stereocenters. The van der Waals surface area contributed by atoms with Crippen LogP contribution in [-0.2, 0) is 11.3 Å². The molecule has 1 amide bonds. The molecule has 0 fully saturated rings. The molecule has 8 heteroatoms. The van der Waals surface area contributed by atoms with E-state index in [1.54, 1.807) is 11.3 Å². The van der Waals surface area contributed by atoms with Gasteiger partial charge in [0.05, 0.1) is 16.8 Å².